The van der Waals surface area contributed by atoms with E-state index >= 15 is 0 Å². The lowest BCUT2D eigenvalue weighted by Crippen LogP contribution is -1.92. The molecule has 0 nitrogen and oxygen atoms in total. The van der Waals surface area contributed by atoms with Crippen LogP contribution in [-0.2, 0) is 0 Å². The van der Waals surface area contributed by atoms with Gasteiger partial charge in [-0.25, -0.2) is 0 Å². The molecule has 0 saturated heterocycles. The molecule has 0 aliphatic rings. The zero-order valence-corrected chi connectivity index (χ0v) is 25.2. The third kappa shape index (κ3) is 4.46. The Morgan fingerprint density at radius 2 is 0.800 bits per heavy atom. The predicted molar refractivity (Wildman–Crippen MR) is 216 cm³/mol. The normalized spacial score (nSPS) is 19.7. The highest BCUT2D eigenvalue weighted by atomic mass is 14.2. The van der Waals surface area contributed by atoms with Crippen molar-refractivity contribution >= 4 is 53.9 Å². The molecule has 0 spiro atoms. The minimum atomic E-state index is -0.967. The molecule has 0 saturated carbocycles. The van der Waals surface area contributed by atoms with Crippen LogP contribution in [0.2, 0.25) is 0 Å². The molecular formula is C50H32. The Labute approximate surface area is 332 Å². The first-order valence-electron chi connectivity index (χ1n) is 29.5. The molecule has 0 amide bonds. The summed E-state index contributed by atoms with van der Waals surface area (Å²) >= 11 is 0. The average Bonchev–Trinajstić information content (AvgIpc) is 3.58. The van der Waals surface area contributed by atoms with E-state index in [1.165, 1.54) is 0 Å². The third-order valence-corrected chi connectivity index (χ3v) is 8.36. The largest absolute Gasteiger partial charge is 0.0636 e. The maximum absolute atomic E-state index is 9.74. The van der Waals surface area contributed by atoms with Gasteiger partial charge in [-0.1, -0.05) is 187 Å². The van der Waals surface area contributed by atoms with E-state index in [1.807, 2.05) is 0 Å². The fourth-order valence-corrected chi connectivity index (χ4v) is 6.24. The standard InChI is InChI=1S/C50H32/c1-2-14-33(15-3-1)38-30-31-47(41-20-8-6-19-40(38)41)50-45-24-12-10-22-43(45)49(44-23-11-13-25-46(44)50)35-28-26-34(27-29-35)48-32-36-16-4-5-17-37(36)39-18-7-9-21-42(39)48/h1-32H/i1D,2D,3D,4D,5D,6D,7D,8D,9D,10D,11D,12D,13D,14D,15D,16D,17D,18D,19D,21D,22D,24D,25D,26D,28D,29D,30D,31D,32D. The number of hydrogen-bond acceptors (Lipinski definition) is 0. The van der Waals surface area contributed by atoms with Crippen molar-refractivity contribution in [3.05, 3.63) is 193 Å². The van der Waals surface area contributed by atoms with E-state index in [2.05, 4.69) is 0 Å². The quantitative estimate of drug-likeness (QED) is 0.130. The number of benzene rings is 10. The highest BCUT2D eigenvalue weighted by molar-refractivity contribution is 6.24. The van der Waals surface area contributed by atoms with Crippen LogP contribution in [0, 0.1) is 0 Å². The highest BCUT2D eigenvalue weighted by Gasteiger charge is 2.19. The van der Waals surface area contributed by atoms with E-state index in [0.29, 0.717) is 0 Å². The molecule has 0 unspecified atom stereocenters. The molecule has 0 N–H and O–H groups in total. The fourth-order valence-electron chi connectivity index (χ4n) is 6.24. The smallest absolute Gasteiger partial charge is 0.0622 e. The molecule has 10 aromatic rings. The van der Waals surface area contributed by atoms with Gasteiger partial charge in [-0.05, 0) is 104 Å². The number of rotatable bonds is 4. The maximum atomic E-state index is 9.74. The second kappa shape index (κ2) is 11.6. The molecule has 0 radical (unpaired) electrons. The predicted octanol–water partition coefficient (Wildman–Crippen LogP) is 14.1. The van der Waals surface area contributed by atoms with Gasteiger partial charge >= 0.3 is 0 Å². The highest BCUT2D eigenvalue weighted by Crippen LogP contribution is 2.47. The molecule has 0 aliphatic heterocycles. The van der Waals surface area contributed by atoms with Gasteiger partial charge in [0.1, 0.15) is 0 Å². The van der Waals surface area contributed by atoms with Crippen LogP contribution < -0.4 is 0 Å². The Hall–Kier alpha value is -6.50. The van der Waals surface area contributed by atoms with Crippen molar-refractivity contribution in [2.75, 3.05) is 0 Å². The average molecular weight is 662 g/mol. The van der Waals surface area contributed by atoms with Crippen molar-refractivity contribution in [3.8, 4) is 44.5 Å². The van der Waals surface area contributed by atoms with Crippen LogP contribution in [0.1, 0.15) is 39.8 Å². The minimum absolute atomic E-state index is 0.432. The zero-order valence-electron chi connectivity index (χ0n) is 54.2. The van der Waals surface area contributed by atoms with Gasteiger partial charge < -0.3 is 0 Å². The molecule has 0 bridgehead atoms. The van der Waals surface area contributed by atoms with E-state index in [9.17, 15) is 13.7 Å². The Bertz CT molecular complexity index is 4550. The van der Waals surface area contributed by atoms with Gasteiger partial charge in [-0.15, -0.1) is 0 Å². The fraction of sp³-hybridized carbons (Fsp3) is 0. The van der Waals surface area contributed by atoms with Gasteiger partial charge in [0.25, 0.3) is 0 Å². The summed E-state index contributed by atoms with van der Waals surface area (Å²) in [6.45, 7) is 0. The number of hydrogen-bond donors (Lipinski definition) is 0. The Kier molecular flexibility index (Phi) is 2.74. The van der Waals surface area contributed by atoms with Crippen LogP contribution in [0.25, 0.3) is 98.4 Å². The van der Waals surface area contributed by atoms with Gasteiger partial charge in [0.2, 0.25) is 0 Å². The van der Waals surface area contributed by atoms with E-state index in [1.54, 1.807) is 0 Å². The van der Waals surface area contributed by atoms with Crippen LogP contribution >= 0.6 is 0 Å². The molecular weight excluding hydrogens is 601 g/mol. The van der Waals surface area contributed by atoms with Gasteiger partial charge in [0, 0.05) is 0 Å². The van der Waals surface area contributed by atoms with Crippen LogP contribution in [0.3, 0.4) is 0 Å². The molecule has 10 rings (SSSR count). The van der Waals surface area contributed by atoms with Crippen molar-refractivity contribution in [1.29, 1.82) is 0 Å². The van der Waals surface area contributed by atoms with Crippen molar-refractivity contribution in [1.82, 2.24) is 0 Å². The summed E-state index contributed by atoms with van der Waals surface area (Å²) in [6, 6.07) is -21.8. The van der Waals surface area contributed by atoms with Crippen molar-refractivity contribution in [2.24, 2.45) is 0 Å². The third-order valence-electron chi connectivity index (χ3n) is 8.36. The van der Waals surface area contributed by atoms with E-state index in [0.717, 1.165) is 18.2 Å². The summed E-state index contributed by atoms with van der Waals surface area (Å²) in [6.07, 6.45) is 0. The second-order valence-corrected chi connectivity index (χ2v) is 11.0. The van der Waals surface area contributed by atoms with Crippen molar-refractivity contribution in [2.45, 2.75) is 0 Å². The van der Waals surface area contributed by atoms with Crippen molar-refractivity contribution < 1.29 is 39.8 Å². The monoisotopic (exact) mass is 661 g/mol. The lowest BCUT2D eigenvalue weighted by Gasteiger charge is -2.20. The van der Waals surface area contributed by atoms with Crippen LogP contribution in [0.15, 0.2) is 193 Å². The summed E-state index contributed by atoms with van der Waals surface area (Å²) < 4.78 is 261. The first-order chi connectivity index (χ1) is 36.9. The van der Waals surface area contributed by atoms with Gasteiger partial charge in [-0.3, -0.25) is 0 Å². The SMILES string of the molecule is [2H]c1cc2c(-c3c4c([2H])c([2H])c([2H])cc4c(-c4c([2H])cc(-c5c([2H])c6c([2H])c([2H])c([2H])c([2H])c6c6c([2H])c([2H])c([2H])c([2H])c56)c([2H])c4[2H])c4c([2H])c([2H])c([2H])c([2H])c34)c([2H])c([2H])c(-c3c([2H])c([2H])c([2H])c([2H])c3[2H])c2c([2H])c1[2H]. The minimum Gasteiger partial charge on any atom is -0.0622 e. The molecule has 0 atom stereocenters. The van der Waals surface area contributed by atoms with E-state index in [4.69, 9.17) is 26.0 Å². The second-order valence-electron chi connectivity index (χ2n) is 11.0. The summed E-state index contributed by atoms with van der Waals surface area (Å²) in [5.41, 5.74) is -4.73. The summed E-state index contributed by atoms with van der Waals surface area (Å²) in [4.78, 5) is 0. The topological polar surface area (TPSA) is 0 Å². The first kappa shape index (κ1) is 11.8. The molecule has 0 aromatic heterocycles. The molecule has 0 fully saturated rings. The lowest BCUT2D eigenvalue weighted by molar-refractivity contribution is 1.63. The zero-order chi connectivity index (χ0) is 58.3. The number of fused-ring (bicyclic) bond motifs is 6. The summed E-state index contributed by atoms with van der Waals surface area (Å²) in [5, 5.41) is -5.17. The lowest BCUT2D eigenvalue weighted by atomic mass is 9.83. The maximum Gasteiger partial charge on any atom is 0.0636 e. The molecule has 50 heavy (non-hydrogen) atoms. The Morgan fingerprint density at radius 1 is 0.260 bits per heavy atom. The molecule has 0 heteroatoms. The van der Waals surface area contributed by atoms with E-state index < -0.39 is 274 Å². The van der Waals surface area contributed by atoms with Gasteiger partial charge in [-0.2, -0.15) is 0 Å². The first-order valence-corrected chi connectivity index (χ1v) is 15.0. The van der Waals surface area contributed by atoms with Crippen LogP contribution in [-0.4, -0.2) is 0 Å². The Balaban J connectivity index is 1.44. The molecule has 232 valence electrons. The van der Waals surface area contributed by atoms with Gasteiger partial charge in [0.05, 0.1) is 39.8 Å². The summed E-state index contributed by atoms with van der Waals surface area (Å²) in [5.74, 6) is 0. The molecule has 0 heterocycles. The summed E-state index contributed by atoms with van der Waals surface area (Å²) in [7, 11) is 0. The molecule has 10 aromatic carbocycles. The van der Waals surface area contributed by atoms with Gasteiger partial charge in [0.15, 0.2) is 0 Å². The van der Waals surface area contributed by atoms with Crippen LogP contribution in [0.4, 0.5) is 0 Å². The van der Waals surface area contributed by atoms with E-state index in [-0.39, 0.29) is 0 Å². The van der Waals surface area contributed by atoms with Crippen molar-refractivity contribution in [3.63, 3.8) is 0 Å². The Morgan fingerprint density at radius 3 is 1.58 bits per heavy atom. The molecule has 0 aliphatic carbocycles. The van der Waals surface area contributed by atoms with Crippen LogP contribution in [0.5, 0.6) is 0 Å².